The Hall–Kier alpha value is -1.72. The van der Waals surface area contributed by atoms with E-state index in [0.717, 1.165) is 13.8 Å². The molecule has 1 aliphatic rings. The van der Waals surface area contributed by atoms with Gasteiger partial charge in [-0.2, -0.15) is 13.2 Å². The third-order valence-electron chi connectivity index (χ3n) is 3.79. The van der Waals surface area contributed by atoms with E-state index in [9.17, 15) is 18.0 Å². The van der Waals surface area contributed by atoms with E-state index in [1.165, 1.54) is 13.2 Å². The van der Waals surface area contributed by atoms with Crippen LogP contribution in [0.2, 0.25) is 0 Å². The van der Waals surface area contributed by atoms with E-state index >= 15 is 0 Å². The highest BCUT2D eigenvalue weighted by atomic mass is 19.4. The van der Waals surface area contributed by atoms with Crippen LogP contribution in [0.25, 0.3) is 0 Å². The fourth-order valence-electron chi connectivity index (χ4n) is 2.32. The molecule has 21 heavy (non-hydrogen) atoms. The summed E-state index contributed by atoms with van der Waals surface area (Å²) in [6.07, 6.45) is -4.66. The van der Waals surface area contributed by atoms with Gasteiger partial charge in [0.2, 0.25) is 0 Å². The zero-order chi connectivity index (χ0) is 15.8. The van der Waals surface area contributed by atoms with Crippen molar-refractivity contribution in [2.45, 2.75) is 26.4 Å². The molecule has 1 aromatic carbocycles. The van der Waals surface area contributed by atoms with Gasteiger partial charge in [0.25, 0.3) is 0 Å². The van der Waals surface area contributed by atoms with E-state index < -0.39 is 17.5 Å². The predicted octanol–water partition coefficient (Wildman–Crippen LogP) is 3.87. The third kappa shape index (κ3) is 2.99. The SMILES string of the molecule is COc1ccc2c(c1)C(=O)[C@@H](CC(C)(C)C(F)(F)F)CO2. The van der Waals surface area contributed by atoms with Crippen molar-refractivity contribution >= 4 is 5.78 Å². The van der Waals surface area contributed by atoms with Crippen LogP contribution in [0.3, 0.4) is 0 Å². The molecular weight excluding hydrogens is 285 g/mol. The number of ketones is 1. The van der Waals surface area contributed by atoms with Crippen LogP contribution in [0.5, 0.6) is 11.5 Å². The van der Waals surface area contributed by atoms with Crippen molar-refractivity contribution < 1.29 is 27.4 Å². The molecule has 0 saturated heterocycles. The number of carbonyl (C=O) groups excluding carboxylic acids is 1. The summed E-state index contributed by atoms with van der Waals surface area (Å²) in [4.78, 5) is 12.4. The van der Waals surface area contributed by atoms with Gasteiger partial charge in [0.1, 0.15) is 11.5 Å². The van der Waals surface area contributed by atoms with Crippen LogP contribution in [-0.4, -0.2) is 25.7 Å². The molecule has 1 aliphatic heterocycles. The van der Waals surface area contributed by atoms with Gasteiger partial charge >= 0.3 is 6.18 Å². The molecule has 2 rings (SSSR count). The minimum Gasteiger partial charge on any atom is -0.497 e. The first-order chi connectivity index (χ1) is 9.65. The first-order valence-electron chi connectivity index (χ1n) is 6.57. The lowest BCUT2D eigenvalue weighted by molar-refractivity contribution is -0.216. The van der Waals surface area contributed by atoms with Crippen LogP contribution in [-0.2, 0) is 0 Å². The normalized spacial score (nSPS) is 19.0. The van der Waals surface area contributed by atoms with E-state index in [-0.39, 0.29) is 24.4 Å². The van der Waals surface area contributed by atoms with Gasteiger partial charge in [-0.15, -0.1) is 0 Å². The number of halogens is 3. The number of carbonyl (C=O) groups is 1. The van der Waals surface area contributed by atoms with Gasteiger partial charge in [-0.3, -0.25) is 4.79 Å². The molecule has 0 unspecified atom stereocenters. The average molecular weight is 302 g/mol. The zero-order valence-electron chi connectivity index (χ0n) is 12.1. The van der Waals surface area contributed by atoms with Gasteiger partial charge in [0.15, 0.2) is 5.78 Å². The minimum atomic E-state index is -4.36. The van der Waals surface area contributed by atoms with E-state index in [2.05, 4.69) is 0 Å². The Morgan fingerprint density at radius 3 is 2.57 bits per heavy atom. The van der Waals surface area contributed by atoms with Crippen molar-refractivity contribution in [3.63, 3.8) is 0 Å². The Kier molecular flexibility index (Phi) is 3.91. The van der Waals surface area contributed by atoms with Gasteiger partial charge in [-0.1, -0.05) is 13.8 Å². The highest BCUT2D eigenvalue weighted by Crippen LogP contribution is 2.44. The molecule has 0 fully saturated rings. The lowest BCUT2D eigenvalue weighted by atomic mass is 9.78. The fraction of sp³-hybridized carbons (Fsp3) is 0.533. The summed E-state index contributed by atoms with van der Waals surface area (Å²) in [7, 11) is 1.46. The number of hydrogen-bond donors (Lipinski definition) is 0. The fourth-order valence-corrected chi connectivity index (χ4v) is 2.32. The molecule has 0 aliphatic carbocycles. The van der Waals surface area contributed by atoms with Gasteiger partial charge in [-0.05, 0) is 24.6 Å². The quantitative estimate of drug-likeness (QED) is 0.850. The van der Waals surface area contributed by atoms with Crippen LogP contribution in [0.15, 0.2) is 18.2 Å². The standard InChI is InChI=1S/C15H17F3O3/c1-14(2,15(16,17)18)7-9-8-21-12-5-4-10(20-3)6-11(12)13(9)19/h4-6,9H,7-8H2,1-3H3/t9-/m0/s1. The molecule has 116 valence electrons. The topological polar surface area (TPSA) is 35.5 Å². The molecule has 0 saturated carbocycles. The molecular formula is C15H17F3O3. The Bertz CT molecular complexity index is 550. The number of ether oxygens (including phenoxy) is 2. The molecule has 1 heterocycles. The molecule has 0 aromatic heterocycles. The Labute approximate surface area is 121 Å². The molecule has 6 heteroatoms. The molecule has 1 aromatic rings. The Morgan fingerprint density at radius 1 is 1.33 bits per heavy atom. The summed E-state index contributed by atoms with van der Waals surface area (Å²) in [5, 5.41) is 0. The van der Waals surface area contributed by atoms with Crippen LogP contribution >= 0.6 is 0 Å². The summed E-state index contributed by atoms with van der Waals surface area (Å²) in [6, 6.07) is 4.74. The maximum absolute atomic E-state index is 13.0. The summed E-state index contributed by atoms with van der Waals surface area (Å²) in [5.74, 6) is -0.267. The van der Waals surface area contributed by atoms with Gasteiger partial charge in [-0.25, -0.2) is 0 Å². The van der Waals surface area contributed by atoms with Crippen molar-refractivity contribution in [3.05, 3.63) is 23.8 Å². The van der Waals surface area contributed by atoms with Crippen LogP contribution in [0.4, 0.5) is 13.2 Å². The van der Waals surface area contributed by atoms with Crippen molar-refractivity contribution in [1.82, 2.24) is 0 Å². The Balaban J connectivity index is 2.24. The molecule has 3 nitrogen and oxygen atoms in total. The molecule has 0 bridgehead atoms. The highest BCUT2D eigenvalue weighted by molar-refractivity contribution is 6.01. The number of fused-ring (bicyclic) bond motifs is 1. The summed E-state index contributed by atoms with van der Waals surface area (Å²) in [5.41, 5.74) is -1.66. The van der Waals surface area contributed by atoms with Crippen molar-refractivity contribution in [2.24, 2.45) is 11.3 Å². The van der Waals surface area contributed by atoms with Gasteiger partial charge in [0.05, 0.1) is 30.6 Å². The molecule has 0 spiro atoms. The summed E-state index contributed by atoms with van der Waals surface area (Å²) < 4.78 is 49.3. The number of methoxy groups -OCH3 is 1. The average Bonchev–Trinajstić information content (AvgIpc) is 2.40. The van der Waals surface area contributed by atoms with E-state index in [4.69, 9.17) is 9.47 Å². The number of alkyl halides is 3. The first kappa shape index (κ1) is 15.7. The number of hydrogen-bond acceptors (Lipinski definition) is 3. The number of benzene rings is 1. The second-order valence-electron chi connectivity index (χ2n) is 5.82. The Morgan fingerprint density at radius 2 is 2.00 bits per heavy atom. The third-order valence-corrected chi connectivity index (χ3v) is 3.79. The smallest absolute Gasteiger partial charge is 0.394 e. The van der Waals surface area contributed by atoms with Crippen molar-refractivity contribution in [1.29, 1.82) is 0 Å². The van der Waals surface area contributed by atoms with Crippen molar-refractivity contribution in [3.8, 4) is 11.5 Å². The number of Topliss-reactive ketones (excluding diaryl/α,β-unsaturated/α-hetero) is 1. The van der Waals surface area contributed by atoms with E-state index in [0.29, 0.717) is 11.5 Å². The maximum atomic E-state index is 13.0. The second-order valence-corrected chi connectivity index (χ2v) is 5.82. The molecule has 0 radical (unpaired) electrons. The van der Waals surface area contributed by atoms with Crippen LogP contribution in [0, 0.1) is 11.3 Å². The first-order valence-corrected chi connectivity index (χ1v) is 6.57. The summed E-state index contributed by atoms with van der Waals surface area (Å²) >= 11 is 0. The van der Waals surface area contributed by atoms with Crippen molar-refractivity contribution in [2.75, 3.05) is 13.7 Å². The largest absolute Gasteiger partial charge is 0.497 e. The van der Waals surface area contributed by atoms with Crippen LogP contribution < -0.4 is 9.47 Å². The van der Waals surface area contributed by atoms with E-state index in [1.807, 2.05) is 0 Å². The molecule has 0 amide bonds. The number of rotatable bonds is 3. The van der Waals surface area contributed by atoms with Crippen LogP contribution in [0.1, 0.15) is 30.6 Å². The monoisotopic (exact) mass is 302 g/mol. The van der Waals surface area contributed by atoms with Gasteiger partial charge < -0.3 is 9.47 Å². The molecule has 0 N–H and O–H groups in total. The second kappa shape index (κ2) is 5.24. The highest BCUT2D eigenvalue weighted by Gasteiger charge is 2.49. The lowest BCUT2D eigenvalue weighted by Crippen LogP contribution is -2.39. The van der Waals surface area contributed by atoms with Gasteiger partial charge in [0, 0.05) is 0 Å². The van der Waals surface area contributed by atoms with E-state index in [1.54, 1.807) is 12.1 Å². The summed E-state index contributed by atoms with van der Waals surface area (Å²) in [6.45, 7) is 2.17. The predicted molar refractivity (Wildman–Crippen MR) is 70.8 cm³/mol. The molecule has 1 atom stereocenters. The maximum Gasteiger partial charge on any atom is 0.394 e. The lowest BCUT2D eigenvalue weighted by Gasteiger charge is -2.33. The minimum absolute atomic E-state index is 0.0301. The zero-order valence-corrected chi connectivity index (χ0v) is 12.1.